The molecule has 2 rings (SSSR count). The van der Waals surface area contributed by atoms with E-state index in [1.54, 1.807) is 0 Å². The van der Waals surface area contributed by atoms with Crippen molar-refractivity contribution in [3.05, 3.63) is 53.7 Å². The van der Waals surface area contributed by atoms with Gasteiger partial charge in [0.1, 0.15) is 17.4 Å². The van der Waals surface area contributed by atoms with Gasteiger partial charge in [0.25, 0.3) is 5.91 Å². The van der Waals surface area contributed by atoms with E-state index in [9.17, 15) is 31.1 Å². The van der Waals surface area contributed by atoms with Crippen LogP contribution in [0.4, 0.5) is 26.3 Å². The zero-order chi connectivity index (χ0) is 20.1. The number of alkyl halides is 6. The topological polar surface area (TPSA) is 51.2 Å². The molecule has 146 valence electrons. The normalized spacial score (nSPS) is 11.9. The first-order valence-corrected chi connectivity index (χ1v) is 8.17. The predicted molar refractivity (Wildman–Crippen MR) is 85.4 cm³/mol. The van der Waals surface area contributed by atoms with Gasteiger partial charge in [-0.3, -0.25) is 4.79 Å². The average molecular weight is 410 g/mol. The van der Waals surface area contributed by atoms with Crippen LogP contribution in [0.5, 0.6) is 5.75 Å². The van der Waals surface area contributed by atoms with E-state index in [2.05, 4.69) is 10.3 Å². The number of carbonyl (C=O) groups excluding carboxylic acids is 1. The first kappa shape index (κ1) is 20.9. The minimum atomic E-state index is -4.59. The molecular formula is C16H12F6N2O2S. The van der Waals surface area contributed by atoms with Crippen molar-refractivity contribution < 1.29 is 35.9 Å². The van der Waals surface area contributed by atoms with Crippen LogP contribution in [0.15, 0.2) is 47.6 Å². The van der Waals surface area contributed by atoms with E-state index in [1.165, 1.54) is 12.1 Å². The van der Waals surface area contributed by atoms with Gasteiger partial charge < -0.3 is 10.1 Å². The molecule has 0 spiro atoms. The molecule has 0 atom stereocenters. The molecule has 1 aromatic heterocycles. The first-order chi connectivity index (χ1) is 12.6. The third kappa shape index (κ3) is 6.66. The summed E-state index contributed by atoms with van der Waals surface area (Å²) >= 11 is -0.500. The number of aromatic nitrogens is 1. The highest BCUT2D eigenvalue weighted by Crippen LogP contribution is 2.37. The van der Waals surface area contributed by atoms with E-state index in [0.29, 0.717) is 0 Å². The lowest BCUT2D eigenvalue weighted by Gasteiger charge is -2.11. The van der Waals surface area contributed by atoms with Crippen LogP contribution in [0.25, 0.3) is 0 Å². The van der Waals surface area contributed by atoms with E-state index in [1.807, 2.05) is 0 Å². The Labute approximate surface area is 153 Å². The number of nitrogens with one attached hydrogen (secondary N) is 1. The van der Waals surface area contributed by atoms with Gasteiger partial charge in [-0.1, -0.05) is 0 Å². The second-order valence-corrected chi connectivity index (χ2v) is 6.08. The maximum Gasteiger partial charge on any atom is 0.447 e. The van der Waals surface area contributed by atoms with Gasteiger partial charge in [-0.2, -0.15) is 26.3 Å². The Kier molecular flexibility index (Phi) is 6.58. The lowest BCUT2D eigenvalue weighted by Crippen LogP contribution is -2.28. The molecule has 0 saturated carbocycles. The second kappa shape index (κ2) is 8.51. The average Bonchev–Trinajstić information content (AvgIpc) is 2.57. The third-order valence-electron chi connectivity index (χ3n) is 3.07. The van der Waals surface area contributed by atoms with Crippen molar-refractivity contribution in [3.63, 3.8) is 0 Å². The number of carbonyl (C=O) groups is 1. The number of rotatable bonds is 6. The largest absolute Gasteiger partial charge is 0.492 e. The van der Waals surface area contributed by atoms with Crippen LogP contribution < -0.4 is 10.1 Å². The Bertz CT molecular complexity index is 778. The molecule has 0 unspecified atom stereocenters. The van der Waals surface area contributed by atoms with Crippen LogP contribution >= 0.6 is 11.8 Å². The molecule has 1 N–H and O–H groups in total. The van der Waals surface area contributed by atoms with Crippen LogP contribution in [0, 0.1) is 0 Å². The quantitative estimate of drug-likeness (QED) is 0.432. The second-order valence-electron chi connectivity index (χ2n) is 5.03. The molecule has 0 aliphatic carbocycles. The SMILES string of the molecule is O=C(NCCOc1ccc(C(F)(F)F)cc1)c1cccnc1SC(F)(F)F. The van der Waals surface area contributed by atoms with Crippen molar-refractivity contribution in [2.75, 3.05) is 13.2 Å². The summed E-state index contributed by atoms with van der Waals surface area (Å²) < 4.78 is 80.0. The van der Waals surface area contributed by atoms with Crippen LogP contribution in [0.3, 0.4) is 0 Å². The Balaban J connectivity index is 1.86. The van der Waals surface area contributed by atoms with Crippen molar-refractivity contribution in [2.24, 2.45) is 0 Å². The number of benzene rings is 1. The monoisotopic (exact) mass is 410 g/mol. The molecule has 1 aromatic carbocycles. The zero-order valence-corrected chi connectivity index (χ0v) is 14.2. The number of thioether (sulfide) groups is 1. The summed E-state index contributed by atoms with van der Waals surface area (Å²) in [6, 6.07) is 6.49. The van der Waals surface area contributed by atoms with Crippen molar-refractivity contribution in [2.45, 2.75) is 16.7 Å². The summed E-state index contributed by atoms with van der Waals surface area (Å²) in [7, 11) is 0. The minimum Gasteiger partial charge on any atom is -0.492 e. The van der Waals surface area contributed by atoms with E-state index >= 15 is 0 Å². The number of hydrogen-bond donors (Lipinski definition) is 1. The number of ether oxygens (including phenoxy) is 1. The molecule has 0 aliphatic rings. The summed E-state index contributed by atoms with van der Waals surface area (Å²) in [4.78, 5) is 15.6. The van der Waals surface area contributed by atoms with E-state index in [0.717, 1.165) is 30.5 Å². The van der Waals surface area contributed by atoms with E-state index < -0.39 is 39.9 Å². The smallest absolute Gasteiger partial charge is 0.447 e. The highest BCUT2D eigenvalue weighted by Gasteiger charge is 2.32. The van der Waals surface area contributed by atoms with Crippen LogP contribution in [0.1, 0.15) is 15.9 Å². The van der Waals surface area contributed by atoms with Gasteiger partial charge in [0, 0.05) is 18.0 Å². The summed E-state index contributed by atoms with van der Waals surface area (Å²) in [5.41, 5.74) is -5.65. The summed E-state index contributed by atoms with van der Waals surface area (Å²) in [5.74, 6) is -0.613. The molecule has 0 fully saturated rings. The molecule has 0 radical (unpaired) electrons. The number of pyridine rings is 1. The van der Waals surface area contributed by atoms with Gasteiger partial charge in [-0.15, -0.1) is 0 Å². The highest BCUT2D eigenvalue weighted by atomic mass is 32.2. The summed E-state index contributed by atoms with van der Waals surface area (Å²) in [6.07, 6.45) is -3.32. The lowest BCUT2D eigenvalue weighted by molar-refractivity contribution is -0.137. The molecule has 0 saturated heterocycles. The predicted octanol–water partition coefficient (Wildman–Crippen LogP) is 4.52. The number of amides is 1. The maximum absolute atomic E-state index is 12.5. The fourth-order valence-electron chi connectivity index (χ4n) is 1.92. The van der Waals surface area contributed by atoms with Gasteiger partial charge in [0.05, 0.1) is 17.7 Å². The summed E-state index contributed by atoms with van der Waals surface area (Å²) in [6.45, 7) is -0.149. The molecule has 2 aromatic rings. The van der Waals surface area contributed by atoms with Crippen LogP contribution in [-0.2, 0) is 6.18 Å². The molecule has 1 heterocycles. The first-order valence-electron chi connectivity index (χ1n) is 7.35. The zero-order valence-electron chi connectivity index (χ0n) is 13.4. The van der Waals surface area contributed by atoms with Gasteiger partial charge in [0.2, 0.25) is 0 Å². The van der Waals surface area contributed by atoms with E-state index in [-0.39, 0.29) is 24.5 Å². The van der Waals surface area contributed by atoms with Gasteiger partial charge in [0.15, 0.2) is 0 Å². The van der Waals surface area contributed by atoms with Gasteiger partial charge >= 0.3 is 11.7 Å². The Morgan fingerprint density at radius 2 is 1.74 bits per heavy atom. The lowest BCUT2D eigenvalue weighted by atomic mass is 10.2. The molecular weight excluding hydrogens is 398 g/mol. The number of hydrogen-bond acceptors (Lipinski definition) is 4. The molecule has 0 aliphatic heterocycles. The fraction of sp³-hybridized carbons (Fsp3) is 0.250. The van der Waals surface area contributed by atoms with Crippen LogP contribution in [0.2, 0.25) is 0 Å². The van der Waals surface area contributed by atoms with Crippen molar-refractivity contribution in [3.8, 4) is 5.75 Å². The highest BCUT2D eigenvalue weighted by molar-refractivity contribution is 8.00. The Morgan fingerprint density at radius 1 is 1.07 bits per heavy atom. The van der Waals surface area contributed by atoms with Crippen LogP contribution in [-0.4, -0.2) is 29.6 Å². The Morgan fingerprint density at radius 3 is 2.33 bits per heavy atom. The van der Waals surface area contributed by atoms with Crippen molar-refractivity contribution in [1.29, 1.82) is 0 Å². The van der Waals surface area contributed by atoms with Crippen molar-refractivity contribution in [1.82, 2.24) is 10.3 Å². The molecule has 1 amide bonds. The number of halogens is 6. The van der Waals surface area contributed by atoms with E-state index in [4.69, 9.17) is 4.74 Å². The van der Waals surface area contributed by atoms with Gasteiger partial charge in [-0.05, 0) is 36.4 Å². The fourth-order valence-corrected chi connectivity index (χ4v) is 2.53. The maximum atomic E-state index is 12.5. The molecule has 27 heavy (non-hydrogen) atoms. The molecule has 11 heteroatoms. The standard InChI is InChI=1S/C16H12F6N2O2S/c17-15(18,19)10-3-5-11(6-4-10)26-9-8-23-13(25)12-2-1-7-24-14(12)27-16(20,21)22/h1-7H,8-9H2,(H,23,25). The van der Waals surface area contributed by atoms with Gasteiger partial charge in [-0.25, -0.2) is 4.98 Å². The van der Waals surface area contributed by atoms with Crippen molar-refractivity contribution >= 4 is 17.7 Å². The molecule has 4 nitrogen and oxygen atoms in total. The number of nitrogens with zero attached hydrogens (tertiary/aromatic N) is 1. The minimum absolute atomic E-state index is 0.0646. The summed E-state index contributed by atoms with van der Waals surface area (Å²) in [5, 5.41) is 1.89. The molecule has 0 bridgehead atoms. The Hall–Kier alpha value is -2.43. The third-order valence-corrected chi connectivity index (χ3v) is 3.82.